The van der Waals surface area contributed by atoms with Crippen LogP contribution in [0.1, 0.15) is 36.0 Å². The number of nitrogens with two attached hydrogens (primary N) is 2. The Morgan fingerprint density at radius 3 is 2.20 bits per heavy atom. The summed E-state index contributed by atoms with van der Waals surface area (Å²) in [7, 11) is -3.72. The van der Waals surface area contributed by atoms with Gasteiger partial charge in [0.2, 0.25) is 10.0 Å². The number of sulfonamides is 1. The average molecular weight is 299 g/mol. The third kappa shape index (κ3) is 5.68. The van der Waals surface area contributed by atoms with Crippen LogP contribution in [0.2, 0.25) is 0 Å². The molecule has 7 heteroatoms. The molecule has 0 heterocycles. The van der Waals surface area contributed by atoms with Gasteiger partial charge >= 0.3 is 0 Å². The van der Waals surface area contributed by atoms with Crippen molar-refractivity contribution in [2.24, 2.45) is 10.9 Å². The van der Waals surface area contributed by atoms with Crippen molar-refractivity contribution in [1.82, 2.24) is 5.32 Å². The largest absolute Gasteiger partial charge is 0.352 e. The molecule has 0 radical (unpaired) electrons. The van der Waals surface area contributed by atoms with E-state index in [4.69, 9.17) is 10.9 Å². The molecule has 1 aromatic rings. The highest BCUT2D eigenvalue weighted by Gasteiger charge is 2.09. The van der Waals surface area contributed by atoms with Gasteiger partial charge < -0.3 is 11.1 Å². The smallest absolute Gasteiger partial charge is 0.251 e. The van der Waals surface area contributed by atoms with E-state index in [9.17, 15) is 13.2 Å². The average Bonchev–Trinajstić information content (AvgIpc) is 2.41. The molecule has 20 heavy (non-hydrogen) atoms. The van der Waals surface area contributed by atoms with Crippen LogP contribution in [-0.4, -0.2) is 27.4 Å². The van der Waals surface area contributed by atoms with Crippen LogP contribution in [0, 0.1) is 0 Å². The summed E-state index contributed by atoms with van der Waals surface area (Å²) in [4.78, 5) is 11.8. The molecule has 0 aliphatic rings. The van der Waals surface area contributed by atoms with Crippen molar-refractivity contribution in [1.29, 1.82) is 0 Å². The number of carbonyl (C=O) groups is 1. The number of nitrogens with one attached hydrogen (secondary N) is 1. The molecule has 0 saturated heterocycles. The summed E-state index contributed by atoms with van der Waals surface area (Å²) in [5.41, 5.74) is 5.80. The van der Waals surface area contributed by atoms with Crippen LogP contribution in [0.5, 0.6) is 0 Å². The molecule has 5 N–H and O–H groups in total. The Morgan fingerprint density at radius 2 is 1.65 bits per heavy atom. The second-order valence-electron chi connectivity index (χ2n) is 4.53. The third-order valence-corrected chi connectivity index (χ3v) is 3.79. The molecule has 0 aliphatic carbocycles. The Balaban J connectivity index is 2.40. The van der Waals surface area contributed by atoms with E-state index < -0.39 is 10.0 Å². The zero-order valence-corrected chi connectivity index (χ0v) is 12.2. The van der Waals surface area contributed by atoms with Crippen LogP contribution < -0.4 is 16.2 Å². The molecule has 1 rings (SSSR count). The normalized spacial score (nSPS) is 11.3. The van der Waals surface area contributed by atoms with E-state index in [1.54, 1.807) is 0 Å². The summed E-state index contributed by atoms with van der Waals surface area (Å²) < 4.78 is 22.2. The molecular formula is C13H21N3O3S. The number of hydrogen-bond acceptors (Lipinski definition) is 4. The van der Waals surface area contributed by atoms with Gasteiger partial charge in [0.05, 0.1) is 4.90 Å². The summed E-state index contributed by atoms with van der Waals surface area (Å²) in [6.07, 6.45) is 4.00. The van der Waals surface area contributed by atoms with E-state index in [0.29, 0.717) is 18.7 Å². The van der Waals surface area contributed by atoms with Crippen molar-refractivity contribution in [3.05, 3.63) is 29.8 Å². The second kappa shape index (κ2) is 7.98. The standard InChI is InChI=1S/C13H21N3O3S/c14-9-3-1-2-4-10-16-13(17)11-5-7-12(8-6-11)20(15,18)19/h5-8H,1-4,9-10,14H2,(H,16,17)(H2,15,18,19). The van der Waals surface area contributed by atoms with Gasteiger partial charge in [-0.25, -0.2) is 13.6 Å². The van der Waals surface area contributed by atoms with Gasteiger partial charge in [0.15, 0.2) is 0 Å². The number of rotatable bonds is 8. The molecule has 6 nitrogen and oxygen atoms in total. The molecular weight excluding hydrogens is 278 g/mol. The summed E-state index contributed by atoms with van der Waals surface area (Å²) in [6.45, 7) is 1.29. The van der Waals surface area contributed by atoms with Crippen LogP contribution >= 0.6 is 0 Å². The summed E-state index contributed by atoms with van der Waals surface area (Å²) in [6, 6.07) is 5.55. The first kappa shape index (κ1) is 16.6. The van der Waals surface area contributed by atoms with Gasteiger partial charge in [0.25, 0.3) is 5.91 Å². The van der Waals surface area contributed by atoms with Crippen LogP contribution in [0.4, 0.5) is 0 Å². The molecule has 0 bridgehead atoms. The number of unbranched alkanes of at least 4 members (excludes halogenated alkanes) is 3. The first-order valence-electron chi connectivity index (χ1n) is 6.56. The number of benzene rings is 1. The summed E-state index contributed by atoms with van der Waals surface area (Å²) >= 11 is 0. The number of amides is 1. The van der Waals surface area contributed by atoms with Gasteiger partial charge in [-0.05, 0) is 43.7 Å². The molecule has 1 aromatic carbocycles. The van der Waals surface area contributed by atoms with Gasteiger partial charge in [0, 0.05) is 12.1 Å². The Kier molecular flexibility index (Phi) is 6.63. The highest BCUT2D eigenvalue weighted by atomic mass is 32.2. The lowest BCUT2D eigenvalue weighted by Gasteiger charge is -2.05. The minimum absolute atomic E-state index is 0.00386. The molecule has 0 spiro atoms. The zero-order valence-electron chi connectivity index (χ0n) is 11.3. The lowest BCUT2D eigenvalue weighted by atomic mass is 10.2. The zero-order chi connectivity index (χ0) is 15.0. The van der Waals surface area contributed by atoms with E-state index in [-0.39, 0.29) is 10.8 Å². The monoisotopic (exact) mass is 299 g/mol. The minimum Gasteiger partial charge on any atom is -0.352 e. The number of carbonyl (C=O) groups excluding carboxylic acids is 1. The first-order chi connectivity index (χ1) is 9.45. The molecule has 0 aliphatic heterocycles. The topological polar surface area (TPSA) is 115 Å². The molecule has 0 aromatic heterocycles. The Labute approximate surface area is 119 Å². The molecule has 0 fully saturated rings. The lowest BCUT2D eigenvalue weighted by molar-refractivity contribution is 0.0953. The predicted molar refractivity (Wildman–Crippen MR) is 77.7 cm³/mol. The van der Waals surface area contributed by atoms with Crippen LogP contribution in [-0.2, 0) is 10.0 Å². The molecule has 0 atom stereocenters. The van der Waals surface area contributed by atoms with Crippen molar-refractivity contribution < 1.29 is 13.2 Å². The fourth-order valence-corrected chi connectivity index (χ4v) is 2.24. The molecule has 0 saturated carbocycles. The van der Waals surface area contributed by atoms with Crippen molar-refractivity contribution >= 4 is 15.9 Å². The Bertz CT molecular complexity index is 526. The number of hydrogen-bond donors (Lipinski definition) is 3. The minimum atomic E-state index is -3.72. The van der Waals surface area contributed by atoms with Crippen molar-refractivity contribution in [3.8, 4) is 0 Å². The van der Waals surface area contributed by atoms with Crippen LogP contribution in [0.15, 0.2) is 29.2 Å². The van der Waals surface area contributed by atoms with Crippen LogP contribution in [0.25, 0.3) is 0 Å². The molecule has 0 unspecified atom stereocenters. The Morgan fingerprint density at radius 1 is 1.05 bits per heavy atom. The van der Waals surface area contributed by atoms with Crippen molar-refractivity contribution in [2.75, 3.05) is 13.1 Å². The molecule has 112 valence electrons. The van der Waals surface area contributed by atoms with Crippen molar-refractivity contribution in [2.45, 2.75) is 30.6 Å². The van der Waals surface area contributed by atoms with E-state index in [0.717, 1.165) is 25.7 Å². The van der Waals surface area contributed by atoms with Gasteiger partial charge in [-0.15, -0.1) is 0 Å². The lowest BCUT2D eigenvalue weighted by Crippen LogP contribution is -2.24. The first-order valence-corrected chi connectivity index (χ1v) is 8.11. The Hall–Kier alpha value is -1.44. The SMILES string of the molecule is NCCCCCCNC(=O)c1ccc(S(N)(=O)=O)cc1. The van der Waals surface area contributed by atoms with E-state index in [1.165, 1.54) is 24.3 Å². The third-order valence-electron chi connectivity index (χ3n) is 2.86. The fraction of sp³-hybridized carbons (Fsp3) is 0.462. The van der Waals surface area contributed by atoms with Crippen molar-refractivity contribution in [3.63, 3.8) is 0 Å². The highest BCUT2D eigenvalue weighted by molar-refractivity contribution is 7.89. The second-order valence-corrected chi connectivity index (χ2v) is 6.09. The maximum Gasteiger partial charge on any atom is 0.251 e. The fourth-order valence-electron chi connectivity index (χ4n) is 1.72. The van der Waals surface area contributed by atoms with Gasteiger partial charge in [0.1, 0.15) is 0 Å². The summed E-state index contributed by atoms with van der Waals surface area (Å²) in [5.74, 6) is -0.218. The quantitative estimate of drug-likeness (QED) is 0.609. The van der Waals surface area contributed by atoms with Gasteiger partial charge in [-0.1, -0.05) is 12.8 Å². The predicted octanol–water partition coefficient (Wildman–Crippen LogP) is 0.583. The van der Waals surface area contributed by atoms with Gasteiger partial charge in [-0.2, -0.15) is 0 Å². The number of primary sulfonamides is 1. The van der Waals surface area contributed by atoms with Gasteiger partial charge in [-0.3, -0.25) is 4.79 Å². The highest BCUT2D eigenvalue weighted by Crippen LogP contribution is 2.08. The molecule has 1 amide bonds. The maximum atomic E-state index is 11.8. The summed E-state index contributed by atoms with van der Waals surface area (Å²) in [5, 5.41) is 7.77. The van der Waals surface area contributed by atoms with Crippen LogP contribution in [0.3, 0.4) is 0 Å². The van der Waals surface area contributed by atoms with E-state index >= 15 is 0 Å². The van der Waals surface area contributed by atoms with E-state index in [1.807, 2.05) is 0 Å². The maximum absolute atomic E-state index is 11.8. The van der Waals surface area contributed by atoms with E-state index in [2.05, 4.69) is 5.32 Å².